The Kier molecular flexibility index (Phi) is 4.44. The first kappa shape index (κ1) is 16.2. The zero-order chi connectivity index (χ0) is 13.9. The number of carbonyl (C=O) groups is 1. The summed E-state index contributed by atoms with van der Waals surface area (Å²) in [5.74, 6) is 2.78. The first-order valence-corrected chi connectivity index (χ1v) is 7.95. The average Bonchev–Trinajstić information content (AvgIpc) is 2.74. The molecule has 0 saturated heterocycles. The van der Waals surface area contributed by atoms with E-state index in [1.54, 1.807) is 0 Å². The Balaban J connectivity index is 0.000000882. The second-order valence-corrected chi connectivity index (χ2v) is 7.22. The molecule has 0 aromatic heterocycles. The minimum Gasteiger partial charge on any atom is -1.00 e. The Hall–Kier alpha value is 0.326. The number of phenolic OH excluding ortho intramolecular Hbond substituents is 1. The fourth-order valence-electron chi connectivity index (χ4n) is 5.34. The number of Topliss-reactive ketones (excluding diaryl/α,β-unsaturated/α-hetero) is 1. The molecule has 3 aliphatic carbocycles. The van der Waals surface area contributed by atoms with E-state index in [0.717, 1.165) is 32.1 Å². The van der Waals surface area contributed by atoms with Crippen LogP contribution in [0, 0.1) is 17.3 Å². The van der Waals surface area contributed by atoms with Gasteiger partial charge in [-0.1, -0.05) is 13.0 Å². The largest absolute Gasteiger partial charge is 1.00 e. The molecule has 3 aliphatic rings. The monoisotopic (exact) mass is 310 g/mol. The Labute approximate surface area is 170 Å². The van der Waals surface area contributed by atoms with Gasteiger partial charge in [0.2, 0.25) is 0 Å². The molecule has 0 unspecified atom stereocenters. The second-order valence-electron chi connectivity index (χ2n) is 7.22. The van der Waals surface area contributed by atoms with Crippen molar-refractivity contribution in [2.75, 3.05) is 0 Å². The van der Waals surface area contributed by atoms with Gasteiger partial charge in [-0.2, -0.15) is 0 Å². The van der Waals surface area contributed by atoms with Crippen molar-refractivity contribution in [2.45, 2.75) is 51.4 Å². The van der Waals surface area contributed by atoms with Crippen LogP contribution >= 0.6 is 0 Å². The van der Waals surface area contributed by atoms with E-state index in [1.165, 1.54) is 17.5 Å². The minimum atomic E-state index is -0.0322. The van der Waals surface area contributed by atoms with Crippen molar-refractivity contribution in [1.29, 1.82) is 0 Å². The van der Waals surface area contributed by atoms with Crippen LogP contribution in [-0.2, 0) is 11.2 Å². The number of aromatic hydroxyl groups is 1. The van der Waals surface area contributed by atoms with E-state index in [9.17, 15) is 9.90 Å². The van der Waals surface area contributed by atoms with Crippen LogP contribution in [0.15, 0.2) is 18.2 Å². The Morgan fingerprint density at radius 1 is 1.24 bits per heavy atom. The van der Waals surface area contributed by atoms with E-state index >= 15 is 0 Å². The smallest absolute Gasteiger partial charge is 1.00 e. The van der Waals surface area contributed by atoms with Crippen molar-refractivity contribution < 1.29 is 62.7 Å². The van der Waals surface area contributed by atoms with Gasteiger partial charge in [-0.15, -0.1) is 0 Å². The molecule has 0 heterocycles. The van der Waals surface area contributed by atoms with Crippen LogP contribution in [0.3, 0.4) is 0 Å². The van der Waals surface area contributed by atoms with Crippen molar-refractivity contribution in [3.05, 3.63) is 29.3 Å². The number of hydrogen-bond acceptors (Lipinski definition) is 2. The van der Waals surface area contributed by atoms with Gasteiger partial charge in [0.15, 0.2) is 0 Å². The summed E-state index contributed by atoms with van der Waals surface area (Å²) in [6, 6.07) is 5.90. The molecule has 4 rings (SSSR count). The summed E-state index contributed by atoms with van der Waals surface area (Å²) in [5, 5.41) is 9.67. The van der Waals surface area contributed by atoms with E-state index in [4.69, 9.17) is 0 Å². The van der Waals surface area contributed by atoms with Crippen LogP contribution < -0.4 is 51.4 Å². The van der Waals surface area contributed by atoms with Crippen LogP contribution in [0.4, 0.5) is 0 Å². The standard InChI is InChI=1S/C18H22O2.K.H/c1-18-9-8-14-13-5-3-12(19)10-11(13)2-4-15(14)16(18)6-7-17(18)20;;/h3,5,10,14-16,19H,2,4,6-9H2,1H3;;/q;+1;-1/t14-,15-,16+,18+;;/m1../s1. The molecule has 3 heteroatoms. The molecule has 0 radical (unpaired) electrons. The molecular formula is C18H23KO2. The van der Waals surface area contributed by atoms with E-state index in [-0.39, 0.29) is 58.2 Å². The normalized spacial score (nSPS) is 37.2. The van der Waals surface area contributed by atoms with Crippen LogP contribution in [0.1, 0.15) is 57.5 Å². The van der Waals surface area contributed by atoms with Crippen LogP contribution in [0.2, 0.25) is 0 Å². The van der Waals surface area contributed by atoms with E-state index in [0.29, 0.717) is 29.3 Å². The van der Waals surface area contributed by atoms with Crippen LogP contribution in [-0.4, -0.2) is 10.9 Å². The summed E-state index contributed by atoms with van der Waals surface area (Å²) in [5.41, 5.74) is 2.75. The van der Waals surface area contributed by atoms with E-state index < -0.39 is 0 Å². The topological polar surface area (TPSA) is 37.3 Å². The van der Waals surface area contributed by atoms with Gasteiger partial charge in [0.1, 0.15) is 11.5 Å². The number of phenols is 1. The molecule has 0 bridgehead atoms. The van der Waals surface area contributed by atoms with Crippen molar-refractivity contribution in [3.63, 3.8) is 0 Å². The summed E-state index contributed by atoms with van der Waals surface area (Å²) in [7, 11) is 0. The SMILES string of the molecule is C[C@]12CC[C@@H]3c4ccc(O)cc4CC[C@H]3[C@@H]1CCC2=O.[H-].[K+]. The van der Waals surface area contributed by atoms with Crippen molar-refractivity contribution in [3.8, 4) is 5.75 Å². The number of aryl methyl sites for hydroxylation is 1. The maximum absolute atomic E-state index is 12.3. The van der Waals surface area contributed by atoms with E-state index in [1.807, 2.05) is 12.1 Å². The molecule has 2 fully saturated rings. The van der Waals surface area contributed by atoms with Gasteiger partial charge in [0.05, 0.1) is 0 Å². The third-order valence-electron chi connectivity index (χ3n) is 6.42. The Bertz CT molecular complexity index is 588. The van der Waals surface area contributed by atoms with Gasteiger partial charge in [-0.3, -0.25) is 4.79 Å². The summed E-state index contributed by atoms with van der Waals surface area (Å²) in [6.45, 7) is 2.22. The fraction of sp³-hybridized carbons (Fsp3) is 0.611. The molecule has 108 valence electrons. The molecular weight excluding hydrogens is 287 g/mol. The molecule has 2 saturated carbocycles. The van der Waals surface area contributed by atoms with Crippen LogP contribution in [0.25, 0.3) is 0 Å². The van der Waals surface area contributed by atoms with Gasteiger partial charge in [-0.05, 0) is 73.1 Å². The van der Waals surface area contributed by atoms with Crippen molar-refractivity contribution >= 4 is 5.78 Å². The Morgan fingerprint density at radius 2 is 2.05 bits per heavy atom. The second kappa shape index (κ2) is 5.75. The molecule has 2 nitrogen and oxygen atoms in total. The summed E-state index contributed by atoms with van der Waals surface area (Å²) in [4.78, 5) is 12.3. The maximum atomic E-state index is 12.3. The zero-order valence-corrected chi connectivity index (χ0v) is 16.2. The molecule has 1 aromatic rings. The quantitative estimate of drug-likeness (QED) is 0.724. The molecule has 4 atom stereocenters. The number of carbonyl (C=O) groups excluding carboxylic acids is 1. The molecule has 0 spiro atoms. The maximum Gasteiger partial charge on any atom is 1.00 e. The molecule has 0 amide bonds. The summed E-state index contributed by atoms with van der Waals surface area (Å²) < 4.78 is 0. The number of benzene rings is 1. The molecule has 1 aromatic carbocycles. The molecule has 21 heavy (non-hydrogen) atoms. The van der Waals surface area contributed by atoms with Crippen molar-refractivity contribution in [2.24, 2.45) is 17.3 Å². The third kappa shape index (κ3) is 2.40. The van der Waals surface area contributed by atoms with Gasteiger partial charge < -0.3 is 6.53 Å². The number of hydrogen-bond donors (Lipinski definition) is 1. The molecule has 1 N–H and O–H groups in total. The number of ketones is 1. The van der Waals surface area contributed by atoms with E-state index in [2.05, 4.69) is 13.0 Å². The average molecular weight is 310 g/mol. The Morgan fingerprint density at radius 3 is 2.86 bits per heavy atom. The predicted octanol–water partition coefficient (Wildman–Crippen LogP) is 0.934. The zero-order valence-electron chi connectivity index (χ0n) is 14.1. The van der Waals surface area contributed by atoms with Gasteiger partial charge >= 0.3 is 51.4 Å². The van der Waals surface area contributed by atoms with Gasteiger partial charge in [0, 0.05) is 11.8 Å². The molecule has 0 aliphatic heterocycles. The minimum absolute atomic E-state index is 0. The fourth-order valence-corrected chi connectivity index (χ4v) is 5.34. The number of fused-ring (bicyclic) bond motifs is 5. The van der Waals surface area contributed by atoms with Gasteiger partial charge in [0.25, 0.3) is 0 Å². The van der Waals surface area contributed by atoms with Crippen molar-refractivity contribution in [1.82, 2.24) is 0 Å². The van der Waals surface area contributed by atoms with Crippen LogP contribution in [0.5, 0.6) is 5.75 Å². The summed E-state index contributed by atoms with van der Waals surface area (Å²) >= 11 is 0. The third-order valence-corrected chi connectivity index (χ3v) is 6.42. The summed E-state index contributed by atoms with van der Waals surface area (Å²) in [6.07, 6.45) is 6.34. The van der Waals surface area contributed by atoms with Gasteiger partial charge in [-0.25, -0.2) is 0 Å². The number of rotatable bonds is 0. The predicted molar refractivity (Wildman–Crippen MR) is 78.8 cm³/mol. The first-order chi connectivity index (χ1) is 9.59. The first-order valence-electron chi connectivity index (χ1n) is 7.95.